The van der Waals surface area contributed by atoms with Gasteiger partial charge in [0.2, 0.25) is 0 Å². The molecule has 0 unspecified atom stereocenters. The molecule has 0 aliphatic heterocycles. The van der Waals surface area contributed by atoms with Gasteiger partial charge in [-0.25, -0.2) is 19.6 Å². The molecule has 0 saturated carbocycles. The smallest absolute Gasteiger partial charge is 0.158 e. The molecular weight excluding hydrogens is 326 g/mol. The van der Waals surface area contributed by atoms with Gasteiger partial charge in [0.05, 0.1) is 17.4 Å². The van der Waals surface area contributed by atoms with Gasteiger partial charge in [-0.05, 0) is 13.0 Å². The fraction of sp³-hybridized carbons (Fsp3) is 0.250. The van der Waals surface area contributed by atoms with Gasteiger partial charge < -0.3 is 10.2 Å². The lowest BCUT2D eigenvalue weighted by atomic mass is 10.2. The summed E-state index contributed by atoms with van der Waals surface area (Å²) in [4.78, 5) is 15.0. The van der Waals surface area contributed by atoms with E-state index in [1.165, 1.54) is 0 Å². The Balaban J connectivity index is 1.84. The second-order valence-corrected chi connectivity index (χ2v) is 5.98. The zero-order valence-electron chi connectivity index (χ0n) is 13.7. The molecule has 3 heterocycles. The zero-order valence-corrected chi connectivity index (χ0v) is 14.5. The zero-order chi connectivity index (χ0) is 17.1. The number of rotatable bonds is 5. The number of anilines is 2. The predicted octanol–water partition coefficient (Wildman–Crippen LogP) is 2.70. The van der Waals surface area contributed by atoms with E-state index in [1.54, 1.807) is 23.4 Å². The van der Waals surface area contributed by atoms with Crippen LogP contribution in [0, 0.1) is 6.92 Å². The fourth-order valence-electron chi connectivity index (χ4n) is 2.20. The van der Waals surface area contributed by atoms with E-state index in [9.17, 15) is 0 Å². The average molecular weight is 344 g/mol. The molecule has 8 heteroatoms. The molecule has 3 aromatic heterocycles. The fourth-order valence-corrected chi connectivity index (χ4v) is 2.34. The standard InChI is InChI=1S/C16H18ClN7/c1-11-4-5-12(16(22-11)24-9-13(17)8-21-24)7-18-14-6-15(23(2)3)20-10-19-14/h4-6,8-10H,7H2,1-3H3,(H,18,19,20). The topological polar surface area (TPSA) is 71.8 Å². The van der Waals surface area contributed by atoms with Crippen molar-refractivity contribution in [2.45, 2.75) is 13.5 Å². The molecule has 24 heavy (non-hydrogen) atoms. The molecule has 0 aliphatic rings. The number of nitrogens with zero attached hydrogens (tertiary/aromatic N) is 6. The van der Waals surface area contributed by atoms with Crippen molar-refractivity contribution in [3.63, 3.8) is 0 Å². The first-order chi connectivity index (χ1) is 11.5. The van der Waals surface area contributed by atoms with Gasteiger partial charge in [-0.1, -0.05) is 17.7 Å². The molecule has 0 fully saturated rings. The molecule has 0 atom stereocenters. The molecule has 7 nitrogen and oxygen atoms in total. The van der Waals surface area contributed by atoms with Crippen molar-refractivity contribution < 1.29 is 0 Å². The van der Waals surface area contributed by atoms with Gasteiger partial charge in [0.25, 0.3) is 0 Å². The summed E-state index contributed by atoms with van der Waals surface area (Å²) in [6, 6.07) is 5.89. The number of hydrogen-bond acceptors (Lipinski definition) is 6. The van der Waals surface area contributed by atoms with Gasteiger partial charge in [-0.3, -0.25) is 0 Å². The lowest BCUT2D eigenvalue weighted by molar-refractivity contribution is 0.822. The normalized spacial score (nSPS) is 10.7. The van der Waals surface area contributed by atoms with Crippen LogP contribution in [0.2, 0.25) is 5.02 Å². The Bertz CT molecular complexity index is 844. The number of pyridine rings is 1. The van der Waals surface area contributed by atoms with Gasteiger partial charge in [0, 0.05) is 38.0 Å². The first kappa shape index (κ1) is 16.2. The van der Waals surface area contributed by atoms with Crippen LogP contribution in [0.3, 0.4) is 0 Å². The summed E-state index contributed by atoms with van der Waals surface area (Å²) < 4.78 is 1.68. The molecule has 0 spiro atoms. The third-order valence-electron chi connectivity index (χ3n) is 3.43. The van der Waals surface area contributed by atoms with E-state index < -0.39 is 0 Å². The number of aryl methyl sites for hydroxylation is 1. The Morgan fingerprint density at radius 2 is 2.08 bits per heavy atom. The first-order valence-corrected chi connectivity index (χ1v) is 7.81. The molecule has 0 aromatic carbocycles. The van der Waals surface area contributed by atoms with Crippen molar-refractivity contribution >= 4 is 23.2 Å². The summed E-state index contributed by atoms with van der Waals surface area (Å²) in [6.07, 6.45) is 4.87. The summed E-state index contributed by atoms with van der Waals surface area (Å²) >= 11 is 5.97. The second kappa shape index (κ2) is 6.84. The molecule has 0 aliphatic carbocycles. The number of halogens is 1. The van der Waals surface area contributed by atoms with Gasteiger partial charge in [0.15, 0.2) is 5.82 Å². The number of hydrogen-bond donors (Lipinski definition) is 1. The largest absolute Gasteiger partial charge is 0.366 e. The van der Waals surface area contributed by atoms with Crippen LogP contribution in [0.1, 0.15) is 11.3 Å². The summed E-state index contributed by atoms with van der Waals surface area (Å²) in [5.74, 6) is 2.34. The summed E-state index contributed by atoms with van der Waals surface area (Å²) in [6.45, 7) is 2.50. The minimum atomic E-state index is 0.559. The average Bonchev–Trinajstić information content (AvgIpc) is 3.00. The highest BCUT2D eigenvalue weighted by molar-refractivity contribution is 6.30. The van der Waals surface area contributed by atoms with E-state index in [0.717, 1.165) is 28.7 Å². The van der Waals surface area contributed by atoms with E-state index in [-0.39, 0.29) is 0 Å². The number of nitrogens with one attached hydrogen (secondary N) is 1. The van der Waals surface area contributed by atoms with Crippen molar-refractivity contribution in [3.8, 4) is 5.82 Å². The predicted molar refractivity (Wildman–Crippen MR) is 94.8 cm³/mol. The van der Waals surface area contributed by atoms with Crippen molar-refractivity contribution in [1.82, 2.24) is 24.7 Å². The highest BCUT2D eigenvalue weighted by Gasteiger charge is 2.09. The Labute approximate surface area is 145 Å². The molecule has 0 amide bonds. The van der Waals surface area contributed by atoms with E-state index in [2.05, 4.69) is 25.4 Å². The highest BCUT2D eigenvalue weighted by Crippen LogP contribution is 2.17. The summed E-state index contributed by atoms with van der Waals surface area (Å²) in [5, 5.41) is 8.12. The third kappa shape index (κ3) is 3.62. The molecule has 1 N–H and O–H groups in total. The van der Waals surface area contributed by atoms with Crippen molar-refractivity contribution in [3.05, 3.63) is 53.2 Å². The molecule has 124 valence electrons. The van der Waals surface area contributed by atoms with Gasteiger partial charge in [-0.2, -0.15) is 5.10 Å². The second-order valence-electron chi connectivity index (χ2n) is 5.55. The summed E-state index contributed by atoms with van der Waals surface area (Å²) in [5.41, 5.74) is 1.91. The molecule has 0 radical (unpaired) electrons. The van der Waals surface area contributed by atoms with Crippen molar-refractivity contribution in [1.29, 1.82) is 0 Å². The Morgan fingerprint density at radius 3 is 2.79 bits per heavy atom. The quantitative estimate of drug-likeness (QED) is 0.768. The molecular formula is C16H18ClN7. The minimum Gasteiger partial charge on any atom is -0.366 e. The van der Waals surface area contributed by atoms with Crippen LogP contribution < -0.4 is 10.2 Å². The SMILES string of the molecule is Cc1ccc(CNc2cc(N(C)C)ncn2)c(-n2cc(Cl)cn2)n1. The van der Waals surface area contributed by atoms with E-state index in [0.29, 0.717) is 11.6 Å². The maximum atomic E-state index is 5.97. The lowest BCUT2D eigenvalue weighted by Crippen LogP contribution is -2.12. The Morgan fingerprint density at radius 1 is 1.25 bits per heavy atom. The maximum absolute atomic E-state index is 5.97. The van der Waals surface area contributed by atoms with Crippen LogP contribution in [0.4, 0.5) is 11.6 Å². The van der Waals surface area contributed by atoms with E-state index >= 15 is 0 Å². The highest BCUT2D eigenvalue weighted by atomic mass is 35.5. The third-order valence-corrected chi connectivity index (χ3v) is 3.63. The summed E-state index contributed by atoms with van der Waals surface area (Å²) in [7, 11) is 3.88. The van der Waals surface area contributed by atoms with Crippen LogP contribution in [0.25, 0.3) is 5.82 Å². The lowest BCUT2D eigenvalue weighted by Gasteiger charge is -2.13. The van der Waals surface area contributed by atoms with Crippen LogP contribution in [-0.4, -0.2) is 38.8 Å². The Hall–Kier alpha value is -2.67. The molecule has 3 rings (SSSR count). The van der Waals surface area contributed by atoms with Gasteiger partial charge in [-0.15, -0.1) is 0 Å². The van der Waals surface area contributed by atoms with Crippen LogP contribution in [0.5, 0.6) is 0 Å². The van der Waals surface area contributed by atoms with Crippen molar-refractivity contribution in [2.24, 2.45) is 0 Å². The first-order valence-electron chi connectivity index (χ1n) is 7.43. The van der Waals surface area contributed by atoms with E-state index in [4.69, 9.17) is 11.6 Å². The molecule has 0 saturated heterocycles. The number of aromatic nitrogens is 5. The minimum absolute atomic E-state index is 0.559. The van der Waals surface area contributed by atoms with Crippen LogP contribution >= 0.6 is 11.6 Å². The van der Waals surface area contributed by atoms with Gasteiger partial charge in [0.1, 0.15) is 18.0 Å². The van der Waals surface area contributed by atoms with E-state index in [1.807, 2.05) is 44.1 Å². The van der Waals surface area contributed by atoms with Crippen molar-refractivity contribution in [2.75, 3.05) is 24.3 Å². The van der Waals surface area contributed by atoms with Gasteiger partial charge >= 0.3 is 0 Å². The van der Waals surface area contributed by atoms with Crippen LogP contribution in [-0.2, 0) is 6.54 Å². The maximum Gasteiger partial charge on any atom is 0.158 e. The molecule has 0 bridgehead atoms. The Kier molecular flexibility index (Phi) is 4.61. The monoisotopic (exact) mass is 343 g/mol. The molecule has 3 aromatic rings. The van der Waals surface area contributed by atoms with Crippen LogP contribution in [0.15, 0.2) is 36.9 Å².